The lowest BCUT2D eigenvalue weighted by molar-refractivity contribution is -0.138. The molecule has 0 spiro atoms. The van der Waals surface area contributed by atoms with Crippen molar-refractivity contribution >= 4 is 11.8 Å². The van der Waals surface area contributed by atoms with Gasteiger partial charge in [-0.3, -0.25) is 19.5 Å². The summed E-state index contributed by atoms with van der Waals surface area (Å²) in [4.78, 5) is 34.5. The second-order valence-corrected chi connectivity index (χ2v) is 9.92. The van der Waals surface area contributed by atoms with E-state index in [0.717, 1.165) is 51.1 Å². The molecule has 2 aliphatic rings. The van der Waals surface area contributed by atoms with Gasteiger partial charge in [0.25, 0.3) is 5.91 Å². The summed E-state index contributed by atoms with van der Waals surface area (Å²) in [5.41, 5.74) is 1.84. The lowest BCUT2D eigenvalue weighted by Gasteiger charge is -2.37. The van der Waals surface area contributed by atoms with Gasteiger partial charge < -0.3 is 15.0 Å². The molecule has 1 aromatic heterocycles. The van der Waals surface area contributed by atoms with Crippen LogP contribution in [0.5, 0.6) is 11.5 Å². The highest BCUT2D eigenvalue weighted by molar-refractivity contribution is 5.94. The SMILES string of the molecule is O=C(NC1CCN(C(=O)C2CCN(Cc3ccncc3)CC2)CC1)c1cccc(Oc2ccccc2)c1. The summed E-state index contributed by atoms with van der Waals surface area (Å²) in [6.45, 7) is 4.18. The van der Waals surface area contributed by atoms with Crippen LogP contribution in [0.25, 0.3) is 0 Å². The standard InChI is InChI=1S/C30H34N4O3/c35-29(25-5-4-8-28(21-25)37-27-6-2-1-3-7-27)32-26-13-19-34(20-14-26)30(36)24-11-17-33(18-12-24)22-23-9-15-31-16-10-23/h1-10,15-16,21,24,26H,11-14,17-20,22H2,(H,32,35). The molecule has 0 atom stereocenters. The topological polar surface area (TPSA) is 74.8 Å². The number of aromatic nitrogens is 1. The highest BCUT2D eigenvalue weighted by atomic mass is 16.5. The number of para-hydroxylation sites is 1. The van der Waals surface area contributed by atoms with Gasteiger partial charge in [0.1, 0.15) is 11.5 Å². The van der Waals surface area contributed by atoms with E-state index in [2.05, 4.69) is 27.3 Å². The first kappa shape index (κ1) is 25.0. The Bertz CT molecular complexity index is 1170. The zero-order valence-corrected chi connectivity index (χ0v) is 21.1. The van der Waals surface area contributed by atoms with E-state index in [0.29, 0.717) is 24.4 Å². The van der Waals surface area contributed by atoms with Crippen LogP contribution in [0, 0.1) is 5.92 Å². The van der Waals surface area contributed by atoms with Crippen LogP contribution >= 0.6 is 0 Å². The molecule has 2 saturated heterocycles. The van der Waals surface area contributed by atoms with Crippen LogP contribution in [0.3, 0.4) is 0 Å². The van der Waals surface area contributed by atoms with Crippen LogP contribution in [-0.4, -0.2) is 58.8 Å². The molecule has 7 nitrogen and oxygen atoms in total. The second kappa shape index (κ2) is 12.0. The van der Waals surface area contributed by atoms with Crippen molar-refractivity contribution in [3.63, 3.8) is 0 Å². The first-order valence-corrected chi connectivity index (χ1v) is 13.2. The average molecular weight is 499 g/mol. The molecule has 0 bridgehead atoms. The molecule has 2 aromatic carbocycles. The second-order valence-electron chi connectivity index (χ2n) is 9.92. The summed E-state index contributed by atoms with van der Waals surface area (Å²) < 4.78 is 5.86. The van der Waals surface area contributed by atoms with Crippen molar-refractivity contribution in [2.45, 2.75) is 38.3 Å². The third kappa shape index (κ3) is 6.74. The molecule has 0 saturated carbocycles. The Hall–Kier alpha value is -3.71. The number of piperidine rings is 2. The maximum Gasteiger partial charge on any atom is 0.251 e. The number of rotatable bonds is 7. The molecular weight excluding hydrogens is 464 g/mol. The van der Waals surface area contributed by atoms with Gasteiger partial charge in [0, 0.05) is 49.6 Å². The number of ether oxygens (including phenoxy) is 1. The summed E-state index contributed by atoms with van der Waals surface area (Å²) in [6.07, 6.45) is 7.02. The molecule has 7 heteroatoms. The number of carbonyl (C=O) groups excluding carboxylic acids is 2. The minimum absolute atomic E-state index is 0.0671. The lowest BCUT2D eigenvalue weighted by atomic mass is 9.93. The average Bonchev–Trinajstić information content (AvgIpc) is 2.95. The summed E-state index contributed by atoms with van der Waals surface area (Å²) in [5, 5.41) is 3.15. The van der Waals surface area contributed by atoms with Gasteiger partial charge in [-0.25, -0.2) is 0 Å². The molecular formula is C30H34N4O3. The normalized spacial score (nSPS) is 17.4. The number of likely N-dealkylation sites (tertiary alicyclic amines) is 2. The monoisotopic (exact) mass is 498 g/mol. The van der Waals surface area contributed by atoms with Gasteiger partial charge in [-0.05, 0) is 86.8 Å². The quantitative estimate of drug-likeness (QED) is 0.519. The Morgan fingerprint density at radius 3 is 2.27 bits per heavy atom. The third-order valence-corrected chi connectivity index (χ3v) is 7.31. The van der Waals surface area contributed by atoms with Crippen molar-refractivity contribution in [2.24, 2.45) is 5.92 Å². The number of nitrogens with zero attached hydrogens (tertiary/aromatic N) is 3. The molecule has 3 aromatic rings. The van der Waals surface area contributed by atoms with Crippen LogP contribution in [0.1, 0.15) is 41.6 Å². The van der Waals surface area contributed by atoms with E-state index in [-0.39, 0.29) is 23.8 Å². The molecule has 192 valence electrons. The first-order chi connectivity index (χ1) is 18.1. The number of hydrogen-bond acceptors (Lipinski definition) is 5. The lowest BCUT2D eigenvalue weighted by Crippen LogP contribution is -2.49. The van der Waals surface area contributed by atoms with Crippen LogP contribution in [0.4, 0.5) is 0 Å². The van der Waals surface area contributed by atoms with Crippen molar-refractivity contribution < 1.29 is 14.3 Å². The van der Waals surface area contributed by atoms with Gasteiger partial charge >= 0.3 is 0 Å². The van der Waals surface area contributed by atoms with Crippen LogP contribution < -0.4 is 10.1 Å². The van der Waals surface area contributed by atoms with Gasteiger partial charge in [-0.15, -0.1) is 0 Å². The van der Waals surface area contributed by atoms with Gasteiger partial charge in [0.2, 0.25) is 5.91 Å². The Kier molecular flexibility index (Phi) is 8.11. The zero-order chi connectivity index (χ0) is 25.5. The van der Waals surface area contributed by atoms with E-state index >= 15 is 0 Å². The fraction of sp³-hybridized carbons (Fsp3) is 0.367. The van der Waals surface area contributed by atoms with Crippen molar-refractivity contribution in [1.82, 2.24) is 20.1 Å². The fourth-order valence-corrected chi connectivity index (χ4v) is 5.18. The number of pyridine rings is 1. The fourth-order valence-electron chi connectivity index (χ4n) is 5.18. The smallest absolute Gasteiger partial charge is 0.251 e. The molecule has 2 aliphatic heterocycles. The Balaban J connectivity index is 1.06. The van der Waals surface area contributed by atoms with Crippen molar-refractivity contribution in [1.29, 1.82) is 0 Å². The highest BCUT2D eigenvalue weighted by Crippen LogP contribution is 2.24. The third-order valence-electron chi connectivity index (χ3n) is 7.31. The summed E-state index contributed by atoms with van der Waals surface area (Å²) in [5.74, 6) is 1.64. The predicted molar refractivity (Wildman–Crippen MR) is 142 cm³/mol. The van der Waals surface area contributed by atoms with E-state index < -0.39 is 0 Å². The first-order valence-electron chi connectivity index (χ1n) is 13.2. The maximum absolute atomic E-state index is 13.2. The van der Waals surface area contributed by atoms with E-state index in [9.17, 15) is 9.59 Å². The van der Waals surface area contributed by atoms with Crippen molar-refractivity contribution in [3.05, 3.63) is 90.3 Å². The Labute approximate surface area is 218 Å². The van der Waals surface area contributed by atoms with Crippen molar-refractivity contribution in [3.8, 4) is 11.5 Å². The Morgan fingerprint density at radius 2 is 1.54 bits per heavy atom. The van der Waals surface area contributed by atoms with Gasteiger partial charge in [0.15, 0.2) is 0 Å². The Morgan fingerprint density at radius 1 is 0.838 bits per heavy atom. The van der Waals surface area contributed by atoms with Gasteiger partial charge in [0.05, 0.1) is 0 Å². The summed E-state index contributed by atoms with van der Waals surface area (Å²) >= 11 is 0. The molecule has 0 unspecified atom stereocenters. The molecule has 0 aliphatic carbocycles. The highest BCUT2D eigenvalue weighted by Gasteiger charge is 2.31. The minimum atomic E-state index is -0.107. The van der Waals surface area contributed by atoms with E-state index in [4.69, 9.17) is 4.74 Å². The van der Waals surface area contributed by atoms with E-state index in [1.807, 2.05) is 59.8 Å². The molecule has 1 N–H and O–H groups in total. The number of carbonyl (C=O) groups is 2. The van der Waals surface area contributed by atoms with E-state index in [1.165, 1.54) is 5.56 Å². The molecule has 2 amide bonds. The van der Waals surface area contributed by atoms with Crippen molar-refractivity contribution in [2.75, 3.05) is 26.2 Å². The molecule has 3 heterocycles. The number of amides is 2. The predicted octanol–water partition coefficient (Wildman–Crippen LogP) is 4.51. The number of benzene rings is 2. The zero-order valence-electron chi connectivity index (χ0n) is 21.1. The molecule has 5 rings (SSSR count). The van der Waals surface area contributed by atoms with Gasteiger partial charge in [-0.2, -0.15) is 0 Å². The van der Waals surface area contributed by atoms with Crippen LogP contribution in [0.2, 0.25) is 0 Å². The van der Waals surface area contributed by atoms with Gasteiger partial charge in [-0.1, -0.05) is 24.3 Å². The summed E-state index contributed by atoms with van der Waals surface area (Å²) in [7, 11) is 0. The molecule has 0 radical (unpaired) electrons. The largest absolute Gasteiger partial charge is 0.457 e. The molecule has 37 heavy (non-hydrogen) atoms. The summed E-state index contributed by atoms with van der Waals surface area (Å²) in [6, 6.07) is 20.9. The van der Waals surface area contributed by atoms with Crippen LogP contribution in [-0.2, 0) is 11.3 Å². The van der Waals surface area contributed by atoms with E-state index in [1.54, 1.807) is 12.1 Å². The molecule has 2 fully saturated rings. The van der Waals surface area contributed by atoms with Crippen LogP contribution in [0.15, 0.2) is 79.1 Å². The minimum Gasteiger partial charge on any atom is -0.457 e. The number of nitrogens with one attached hydrogen (secondary N) is 1. The maximum atomic E-state index is 13.2. The number of hydrogen-bond donors (Lipinski definition) is 1.